The normalized spacial score (nSPS) is 12.5. The number of thiophene rings is 2. The quantitative estimate of drug-likeness (QED) is 0.594. The third-order valence-corrected chi connectivity index (χ3v) is 6.46. The average Bonchev–Trinajstić information content (AvgIpc) is 3.23. The van der Waals surface area contributed by atoms with Crippen LogP contribution in [-0.2, 0) is 4.74 Å². The average molecular weight is 405 g/mol. The molecule has 3 heterocycles. The Hall–Kier alpha value is -2.03. The van der Waals surface area contributed by atoms with Crippen molar-refractivity contribution in [2.24, 2.45) is 0 Å². The predicted octanol–water partition coefficient (Wildman–Crippen LogP) is 4.26. The second-order valence-electron chi connectivity index (χ2n) is 6.45. The molecule has 6 nitrogen and oxygen atoms in total. The molecule has 1 atom stereocenters. The van der Waals surface area contributed by atoms with Gasteiger partial charge in [-0.05, 0) is 51.9 Å². The molecule has 0 saturated carbocycles. The number of carbonyl (C=O) groups is 1. The summed E-state index contributed by atoms with van der Waals surface area (Å²) in [6.45, 7) is 6.67. The number of hydrogen-bond acceptors (Lipinski definition) is 8. The van der Waals surface area contributed by atoms with Gasteiger partial charge in [-0.1, -0.05) is 6.07 Å². The van der Waals surface area contributed by atoms with Gasteiger partial charge in [0.1, 0.15) is 21.3 Å². The van der Waals surface area contributed by atoms with Crippen LogP contribution in [0.4, 0.5) is 5.82 Å². The number of aryl methyl sites for hydroxylation is 2. The summed E-state index contributed by atoms with van der Waals surface area (Å²) in [4.78, 5) is 26.3. The van der Waals surface area contributed by atoms with Gasteiger partial charge in [0, 0.05) is 11.4 Å². The Kier molecular flexibility index (Phi) is 6.08. The summed E-state index contributed by atoms with van der Waals surface area (Å²) in [6, 6.07) is 4.45. The third kappa shape index (κ3) is 4.12. The summed E-state index contributed by atoms with van der Waals surface area (Å²) >= 11 is 3.11. The Morgan fingerprint density at radius 2 is 2.11 bits per heavy atom. The van der Waals surface area contributed by atoms with Crippen molar-refractivity contribution in [2.45, 2.75) is 26.8 Å². The highest BCUT2D eigenvalue weighted by Crippen LogP contribution is 2.35. The highest BCUT2D eigenvalue weighted by molar-refractivity contribution is 7.20. The van der Waals surface area contributed by atoms with E-state index in [4.69, 9.17) is 4.74 Å². The first-order chi connectivity index (χ1) is 12.9. The minimum atomic E-state index is -0.300. The summed E-state index contributed by atoms with van der Waals surface area (Å²) in [6.07, 6.45) is 0. The maximum atomic E-state index is 12.3. The van der Waals surface area contributed by atoms with E-state index in [1.807, 2.05) is 20.8 Å². The molecular weight excluding hydrogens is 380 g/mol. The molecule has 0 fully saturated rings. The number of rotatable bonds is 7. The van der Waals surface area contributed by atoms with E-state index in [0.717, 1.165) is 21.6 Å². The highest BCUT2D eigenvalue weighted by Gasteiger charge is 2.22. The van der Waals surface area contributed by atoms with E-state index < -0.39 is 0 Å². The number of fused-ring (bicyclic) bond motifs is 1. The molecule has 8 heteroatoms. The molecule has 0 amide bonds. The fourth-order valence-corrected chi connectivity index (χ4v) is 5.02. The van der Waals surface area contributed by atoms with Gasteiger partial charge in [0.05, 0.1) is 18.0 Å². The van der Waals surface area contributed by atoms with Gasteiger partial charge in [0.25, 0.3) is 0 Å². The molecule has 27 heavy (non-hydrogen) atoms. The van der Waals surface area contributed by atoms with Crippen LogP contribution in [0, 0.1) is 13.8 Å². The Morgan fingerprint density at radius 1 is 1.33 bits per heavy atom. The molecule has 3 rings (SSSR count). The molecule has 0 aliphatic rings. The number of ether oxygens (including phenoxy) is 1. The van der Waals surface area contributed by atoms with Crippen LogP contribution >= 0.6 is 22.7 Å². The van der Waals surface area contributed by atoms with E-state index >= 15 is 0 Å². The molecule has 0 saturated heterocycles. The van der Waals surface area contributed by atoms with Gasteiger partial charge in [0.2, 0.25) is 0 Å². The molecular formula is C19H24N4O2S2. The first-order valence-corrected chi connectivity index (χ1v) is 10.5. The standard InChI is InChI=1S/C19H24N4O2S2/c1-6-25-19(24)16-11(2)15-17(21-12(3)22-18(15)27-16)20-10-13(23(4)5)14-8-7-9-26-14/h7-9,13H,6,10H2,1-5H3,(H,20,21,22). The van der Waals surface area contributed by atoms with Gasteiger partial charge in [-0.15, -0.1) is 22.7 Å². The van der Waals surface area contributed by atoms with Crippen LogP contribution in [0.1, 0.15) is 38.9 Å². The molecule has 144 valence electrons. The van der Waals surface area contributed by atoms with Crippen molar-refractivity contribution in [3.63, 3.8) is 0 Å². The SMILES string of the molecule is CCOC(=O)c1sc2nc(C)nc(NCC(c3cccs3)N(C)C)c2c1C. The van der Waals surface area contributed by atoms with Crippen molar-refractivity contribution in [2.75, 3.05) is 32.6 Å². The highest BCUT2D eigenvalue weighted by atomic mass is 32.1. The smallest absolute Gasteiger partial charge is 0.348 e. The number of nitrogens with one attached hydrogen (secondary N) is 1. The number of hydrogen-bond donors (Lipinski definition) is 1. The van der Waals surface area contributed by atoms with Crippen molar-refractivity contribution in [3.8, 4) is 0 Å². The summed E-state index contributed by atoms with van der Waals surface area (Å²) in [5.74, 6) is 1.15. The molecule has 0 aliphatic carbocycles. The fourth-order valence-electron chi connectivity index (χ4n) is 2.98. The van der Waals surface area contributed by atoms with Crippen LogP contribution in [0.3, 0.4) is 0 Å². The zero-order valence-corrected chi connectivity index (χ0v) is 17.8. The minimum Gasteiger partial charge on any atom is -0.462 e. The Morgan fingerprint density at radius 3 is 2.74 bits per heavy atom. The summed E-state index contributed by atoms with van der Waals surface area (Å²) in [5.41, 5.74) is 0.869. The van der Waals surface area contributed by atoms with Crippen molar-refractivity contribution in [1.82, 2.24) is 14.9 Å². The predicted molar refractivity (Wildman–Crippen MR) is 112 cm³/mol. The molecule has 3 aromatic rings. The lowest BCUT2D eigenvalue weighted by molar-refractivity contribution is 0.0531. The Balaban J connectivity index is 1.95. The first kappa shape index (κ1) is 19.7. The van der Waals surface area contributed by atoms with Crippen molar-refractivity contribution in [3.05, 3.63) is 38.7 Å². The first-order valence-electron chi connectivity index (χ1n) is 8.80. The molecule has 1 N–H and O–H groups in total. The van der Waals surface area contributed by atoms with E-state index in [2.05, 4.69) is 51.8 Å². The zero-order chi connectivity index (χ0) is 19.6. The summed E-state index contributed by atoms with van der Waals surface area (Å²) in [7, 11) is 4.14. The Bertz CT molecular complexity index is 935. The van der Waals surface area contributed by atoms with Crippen molar-refractivity contribution < 1.29 is 9.53 Å². The summed E-state index contributed by atoms with van der Waals surface area (Å²) in [5, 5.41) is 6.48. The molecule has 0 spiro atoms. The van der Waals surface area contributed by atoms with Crippen molar-refractivity contribution >= 4 is 44.7 Å². The van der Waals surface area contributed by atoms with Gasteiger partial charge >= 0.3 is 5.97 Å². The number of carbonyl (C=O) groups excluding carboxylic acids is 1. The third-order valence-electron chi connectivity index (χ3n) is 4.32. The van der Waals surface area contributed by atoms with Crippen LogP contribution in [0.2, 0.25) is 0 Å². The number of likely N-dealkylation sites (N-methyl/N-ethyl adjacent to an activating group) is 1. The molecule has 3 aromatic heterocycles. The van der Waals surface area contributed by atoms with E-state index in [1.54, 1.807) is 11.3 Å². The van der Waals surface area contributed by atoms with Gasteiger partial charge < -0.3 is 15.0 Å². The van der Waals surface area contributed by atoms with Crippen LogP contribution in [0.25, 0.3) is 10.2 Å². The number of nitrogens with zero attached hydrogens (tertiary/aromatic N) is 3. The van der Waals surface area contributed by atoms with Crippen LogP contribution in [0.15, 0.2) is 17.5 Å². The maximum absolute atomic E-state index is 12.3. The van der Waals surface area contributed by atoms with Gasteiger partial charge in [-0.3, -0.25) is 0 Å². The van der Waals surface area contributed by atoms with Crippen LogP contribution in [0.5, 0.6) is 0 Å². The lowest BCUT2D eigenvalue weighted by atomic mass is 10.2. The number of anilines is 1. The van der Waals surface area contributed by atoms with E-state index in [1.165, 1.54) is 16.2 Å². The Labute approximate surface area is 167 Å². The molecule has 0 aliphatic heterocycles. The van der Waals surface area contributed by atoms with Gasteiger partial charge in [-0.25, -0.2) is 14.8 Å². The number of aromatic nitrogens is 2. The molecule has 0 aromatic carbocycles. The lowest BCUT2D eigenvalue weighted by Gasteiger charge is -2.24. The van der Waals surface area contributed by atoms with E-state index in [9.17, 15) is 4.79 Å². The second kappa shape index (κ2) is 8.33. The zero-order valence-electron chi connectivity index (χ0n) is 16.2. The molecule has 0 bridgehead atoms. The second-order valence-corrected chi connectivity index (χ2v) is 8.43. The largest absolute Gasteiger partial charge is 0.462 e. The molecule has 0 radical (unpaired) electrons. The molecule has 1 unspecified atom stereocenters. The fraction of sp³-hybridized carbons (Fsp3) is 0.421. The van der Waals surface area contributed by atoms with E-state index in [0.29, 0.717) is 23.9 Å². The topological polar surface area (TPSA) is 67.3 Å². The number of esters is 1. The monoisotopic (exact) mass is 404 g/mol. The van der Waals surface area contributed by atoms with E-state index in [-0.39, 0.29) is 12.0 Å². The van der Waals surface area contributed by atoms with Crippen LogP contribution in [-0.4, -0.2) is 48.1 Å². The minimum absolute atomic E-state index is 0.235. The van der Waals surface area contributed by atoms with Gasteiger partial charge in [0.15, 0.2) is 0 Å². The summed E-state index contributed by atoms with van der Waals surface area (Å²) < 4.78 is 5.18. The lowest BCUT2D eigenvalue weighted by Crippen LogP contribution is -2.26. The maximum Gasteiger partial charge on any atom is 0.348 e. The van der Waals surface area contributed by atoms with Crippen molar-refractivity contribution in [1.29, 1.82) is 0 Å². The van der Waals surface area contributed by atoms with Crippen LogP contribution < -0.4 is 5.32 Å². The van der Waals surface area contributed by atoms with Gasteiger partial charge in [-0.2, -0.15) is 0 Å².